The summed E-state index contributed by atoms with van der Waals surface area (Å²) < 4.78 is 0. The molecule has 0 aromatic carbocycles. The molecule has 2 rings (SSSR count). The summed E-state index contributed by atoms with van der Waals surface area (Å²) >= 11 is 0. The number of hydrogen-bond donors (Lipinski definition) is 2. The van der Waals surface area contributed by atoms with Gasteiger partial charge in [0.25, 0.3) is 0 Å². The zero-order chi connectivity index (χ0) is 12.8. The van der Waals surface area contributed by atoms with Crippen molar-refractivity contribution in [2.75, 3.05) is 0 Å². The van der Waals surface area contributed by atoms with Crippen LogP contribution in [0, 0.1) is 10.8 Å². The summed E-state index contributed by atoms with van der Waals surface area (Å²) in [6, 6.07) is 6.85. The lowest BCUT2D eigenvalue weighted by molar-refractivity contribution is 1.22. The Morgan fingerprint density at radius 3 is 1.61 bits per heavy atom. The van der Waals surface area contributed by atoms with Gasteiger partial charge in [0, 0.05) is 35.9 Å². The van der Waals surface area contributed by atoms with E-state index in [1.54, 1.807) is 36.7 Å². The lowest BCUT2D eigenvalue weighted by atomic mass is 10.2. The van der Waals surface area contributed by atoms with Crippen LogP contribution in [0.4, 0.5) is 0 Å². The van der Waals surface area contributed by atoms with Crippen LogP contribution in [0.3, 0.4) is 0 Å². The van der Waals surface area contributed by atoms with Gasteiger partial charge < -0.3 is 0 Å². The number of amidine groups is 2. The first kappa shape index (κ1) is 11.7. The first-order chi connectivity index (χ1) is 8.77. The molecule has 0 aliphatic carbocycles. The second kappa shape index (κ2) is 5.53. The maximum atomic E-state index is 7.67. The molecule has 18 heavy (non-hydrogen) atoms. The Labute approximate surface area is 103 Å². The summed E-state index contributed by atoms with van der Waals surface area (Å²) in [5, 5.41) is 22.7. The lowest BCUT2D eigenvalue weighted by Crippen LogP contribution is -1.98. The van der Waals surface area contributed by atoms with Crippen LogP contribution in [-0.2, 0) is 0 Å². The Balaban J connectivity index is 2.08. The quantitative estimate of drug-likeness (QED) is 0.476. The van der Waals surface area contributed by atoms with Gasteiger partial charge in [-0.3, -0.25) is 20.8 Å². The van der Waals surface area contributed by atoms with Crippen LogP contribution in [-0.4, -0.2) is 21.6 Å². The van der Waals surface area contributed by atoms with E-state index in [0.29, 0.717) is 11.1 Å². The Bertz CT molecular complexity index is 523. The van der Waals surface area contributed by atoms with E-state index in [9.17, 15) is 0 Å². The van der Waals surface area contributed by atoms with Gasteiger partial charge in [-0.2, -0.15) is 0 Å². The highest BCUT2D eigenvalue weighted by molar-refractivity contribution is 6.00. The molecule has 88 valence electrons. The molecule has 0 spiro atoms. The highest BCUT2D eigenvalue weighted by Gasteiger charge is 2.01. The number of azo groups is 1. The molecule has 0 aliphatic rings. The molecular weight excluding hydrogens is 228 g/mol. The predicted molar refractivity (Wildman–Crippen MR) is 67.0 cm³/mol. The first-order valence-corrected chi connectivity index (χ1v) is 5.17. The van der Waals surface area contributed by atoms with E-state index in [0.717, 1.165) is 0 Å². The highest BCUT2D eigenvalue weighted by atomic mass is 15.2. The van der Waals surface area contributed by atoms with Gasteiger partial charge in [0.05, 0.1) is 0 Å². The van der Waals surface area contributed by atoms with Gasteiger partial charge in [0.15, 0.2) is 11.7 Å². The van der Waals surface area contributed by atoms with Crippen molar-refractivity contribution in [2.45, 2.75) is 0 Å². The molecular formula is C12H10N6. The first-order valence-electron chi connectivity index (χ1n) is 5.17. The van der Waals surface area contributed by atoms with Crippen molar-refractivity contribution in [3.63, 3.8) is 0 Å². The van der Waals surface area contributed by atoms with Crippen LogP contribution in [0.2, 0.25) is 0 Å². The van der Waals surface area contributed by atoms with Crippen LogP contribution in [0.25, 0.3) is 0 Å². The molecule has 0 amide bonds. The second-order valence-corrected chi connectivity index (χ2v) is 3.38. The van der Waals surface area contributed by atoms with E-state index >= 15 is 0 Å². The van der Waals surface area contributed by atoms with Gasteiger partial charge in [0.1, 0.15) is 0 Å². The van der Waals surface area contributed by atoms with Crippen LogP contribution in [0.15, 0.2) is 59.3 Å². The second-order valence-electron chi connectivity index (χ2n) is 3.38. The minimum atomic E-state index is -0.0308. The SMILES string of the molecule is N=C(/N=N\C(=N)c1cccnc1)c1cccnc1. The van der Waals surface area contributed by atoms with E-state index in [1.165, 1.54) is 12.4 Å². The van der Waals surface area contributed by atoms with E-state index in [1.807, 2.05) is 0 Å². The third kappa shape index (κ3) is 2.88. The molecule has 2 aromatic rings. The van der Waals surface area contributed by atoms with Crippen LogP contribution in [0.5, 0.6) is 0 Å². The molecule has 0 atom stereocenters. The van der Waals surface area contributed by atoms with Crippen LogP contribution >= 0.6 is 0 Å². The lowest BCUT2D eigenvalue weighted by Gasteiger charge is -1.97. The minimum absolute atomic E-state index is 0.0308. The normalized spacial score (nSPS) is 10.4. The van der Waals surface area contributed by atoms with Gasteiger partial charge in [-0.15, -0.1) is 10.2 Å². The number of aromatic nitrogens is 2. The molecule has 6 nitrogen and oxygen atoms in total. The molecule has 2 heterocycles. The third-order valence-corrected chi connectivity index (χ3v) is 2.12. The average molecular weight is 238 g/mol. The maximum Gasteiger partial charge on any atom is 0.176 e. The molecule has 0 unspecified atom stereocenters. The van der Waals surface area contributed by atoms with Crippen molar-refractivity contribution in [1.29, 1.82) is 10.8 Å². The zero-order valence-corrected chi connectivity index (χ0v) is 9.41. The van der Waals surface area contributed by atoms with E-state index in [-0.39, 0.29) is 11.7 Å². The Morgan fingerprint density at radius 1 is 0.833 bits per heavy atom. The Kier molecular flexibility index (Phi) is 3.60. The molecule has 6 heteroatoms. The van der Waals surface area contributed by atoms with Gasteiger partial charge in [0.2, 0.25) is 0 Å². The fourth-order valence-electron chi connectivity index (χ4n) is 1.22. The summed E-state index contributed by atoms with van der Waals surface area (Å²) in [6.07, 6.45) is 6.28. The highest BCUT2D eigenvalue weighted by Crippen LogP contribution is 2.02. The average Bonchev–Trinajstić information content (AvgIpc) is 2.46. The minimum Gasteiger partial charge on any atom is -0.281 e. The summed E-state index contributed by atoms with van der Waals surface area (Å²) in [6.45, 7) is 0. The molecule has 0 saturated carbocycles. The fourth-order valence-corrected chi connectivity index (χ4v) is 1.22. The van der Waals surface area contributed by atoms with Crippen molar-refractivity contribution in [2.24, 2.45) is 10.2 Å². The van der Waals surface area contributed by atoms with Crippen molar-refractivity contribution in [3.8, 4) is 0 Å². The van der Waals surface area contributed by atoms with Gasteiger partial charge in [-0.25, -0.2) is 0 Å². The summed E-state index contributed by atoms with van der Waals surface area (Å²) in [5.74, 6) is -0.0616. The van der Waals surface area contributed by atoms with E-state index in [2.05, 4.69) is 20.2 Å². The number of nitrogens with one attached hydrogen (secondary N) is 2. The standard InChI is InChI=1S/C12H10N6/c13-11(9-3-1-5-15-7-9)17-18-12(14)10-4-2-6-16-8-10/h1-8,13-14H/b13-11?,14-12?,18-17-. The molecule has 0 aliphatic heterocycles. The van der Waals surface area contributed by atoms with E-state index in [4.69, 9.17) is 10.8 Å². The molecule has 0 bridgehead atoms. The largest absolute Gasteiger partial charge is 0.281 e. The van der Waals surface area contributed by atoms with Gasteiger partial charge in [-0.05, 0) is 24.3 Å². The molecule has 2 aromatic heterocycles. The van der Waals surface area contributed by atoms with Gasteiger partial charge >= 0.3 is 0 Å². The van der Waals surface area contributed by atoms with Crippen LogP contribution < -0.4 is 0 Å². The number of nitrogens with zero attached hydrogens (tertiary/aromatic N) is 4. The van der Waals surface area contributed by atoms with Crippen LogP contribution in [0.1, 0.15) is 11.1 Å². The maximum absolute atomic E-state index is 7.67. The Morgan fingerprint density at radius 2 is 1.28 bits per heavy atom. The third-order valence-electron chi connectivity index (χ3n) is 2.12. The summed E-state index contributed by atoms with van der Waals surface area (Å²) in [4.78, 5) is 7.77. The zero-order valence-electron chi connectivity index (χ0n) is 9.41. The monoisotopic (exact) mass is 238 g/mol. The predicted octanol–water partition coefficient (Wildman–Crippen LogP) is 2.28. The molecule has 2 N–H and O–H groups in total. The Hall–Kier alpha value is -2.76. The summed E-state index contributed by atoms with van der Waals surface area (Å²) in [7, 11) is 0. The van der Waals surface area contributed by atoms with Crippen molar-refractivity contribution < 1.29 is 0 Å². The molecule has 0 saturated heterocycles. The summed E-state index contributed by atoms with van der Waals surface area (Å²) in [5.41, 5.74) is 1.11. The van der Waals surface area contributed by atoms with Crippen molar-refractivity contribution in [3.05, 3.63) is 60.2 Å². The topological polar surface area (TPSA) is 98.2 Å². The van der Waals surface area contributed by atoms with Crippen molar-refractivity contribution in [1.82, 2.24) is 9.97 Å². The fraction of sp³-hybridized carbons (Fsp3) is 0. The van der Waals surface area contributed by atoms with Gasteiger partial charge in [-0.1, -0.05) is 0 Å². The molecule has 0 fully saturated rings. The number of rotatable bonds is 2. The van der Waals surface area contributed by atoms with Crippen molar-refractivity contribution >= 4 is 11.7 Å². The number of pyridine rings is 2. The number of hydrogen-bond acceptors (Lipinski definition) is 4. The molecule has 0 radical (unpaired) electrons. The van der Waals surface area contributed by atoms with E-state index < -0.39 is 0 Å². The smallest absolute Gasteiger partial charge is 0.176 e.